The van der Waals surface area contributed by atoms with E-state index in [9.17, 15) is 4.79 Å². The van der Waals surface area contributed by atoms with Crippen molar-refractivity contribution in [2.75, 3.05) is 11.5 Å². The quantitative estimate of drug-likeness (QED) is 0.583. The summed E-state index contributed by atoms with van der Waals surface area (Å²) in [5.74, 6) is 2.11. The Morgan fingerprint density at radius 3 is 2.85 bits per heavy atom. The van der Waals surface area contributed by atoms with E-state index in [1.165, 1.54) is 0 Å². The number of thioether (sulfide) groups is 1. The summed E-state index contributed by atoms with van der Waals surface area (Å²) in [6.45, 7) is 6.25. The van der Waals surface area contributed by atoms with Gasteiger partial charge in [-0.15, -0.1) is 0 Å². The maximum absolute atomic E-state index is 12.2. The molecule has 1 N–H and O–H groups in total. The minimum Gasteiger partial charge on any atom is -0.350 e. The lowest BCUT2D eigenvalue weighted by Crippen LogP contribution is -2.33. The van der Waals surface area contributed by atoms with Crippen LogP contribution in [0.1, 0.15) is 49.7 Å². The van der Waals surface area contributed by atoms with Crippen LogP contribution in [0.2, 0.25) is 5.15 Å². The van der Waals surface area contributed by atoms with Crippen molar-refractivity contribution in [3.8, 4) is 0 Å². The van der Waals surface area contributed by atoms with Gasteiger partial charge in [0.1, 0.15) is 5.15 Å². The van der Waals surface area contributed by atoms with Gasteiger partial charge in [0.2, 0.25) is 0 Å². The van der Waals surface area contributed by atoms with E-state index < -0.39 is 0 Å². The summed E-state index contributed by atoms with van der Waals surface area (Å²) < 4.78 is 0. The Morgan fingerprint density at radius 2 is 2.20 bits per heavy atom. The van der Waals surface area contributed by atoms with Gasteiger partial charge in [-0.25, -0.2) is 4.98 Å². The van der Waals surface area contributed by atoms with Gasteiger partial charge >= 0.3 is 0 Å². The summed E-state index contributed by atoms with van der Waals surface area (Å²) in [5.41, 5.74) is 1.47. The molecule has 1 aromatic heterocycles. The lowest BCUT2D eigenvalue weighted by atomic mass is 10.1. The third-order valence-corrected chi connectivity index (χ3v) is 4.02. The minimum atomic E-state index is -0.0688. The Kier molecular flexibility index (Phi) is 8.00. The molecule has 5 heteroatoms. The summed E-state index contributed by atoms with van der Waals surface area (Å²) in [4.78, 5) is 16.4. The zero-order chi connectivity index (χ0) is 15.0. The van der Waals surface area contributed by atoms with Crippen LogP contribution < -0.4 is 5.32 Å². The second kappa shape index (κ2) is 9.24. The zero-order valence-corrected chi connectivity index (χ0v) is 14.0. The number of halogens is 1. The first-order valence-electron chi connectivity index (χ1n) is 7.11. The number of aromatic nitrogens is 1. The number of nitrogens with one attached hydrogen (secondary N) is 1. The van der Waals surface area contributed by atoms with Gasteiger partial charge in [-0.2, -0.15) is 11.8 Å². The number of amides is 1. The monoisotopic (exact) mass is 314 g/mol. The van der Waals surface area contributed by atoms with E-state index in [1.807, 2.05) is 24.8 Å². The van der Waals surface area contributed by atoms with Crippen molar-refractivity contribution in [2.45, 2.75) is 46.1 Å². The van der Waals surface area contributed by atoms with Gasteiger partial charge in [-0.3, -0.25) is 4.79 Å². The Morgan fingerprint density at radius 1 is 1.45 bits per heavy atom. The lowest BCUT2D eigenvalue weighted by Gasteiger charge is -2.14. The molecule has 0 aliphatic rings. The normalized spacial score (nSPS) is 12.2. The SMILES string of the molecule is CCCc1cc(C(=O)NC(C)CCSCC)cc(Cl)n1. The first-order chi connectivity index (χ1) is 9.56. The number of carbonyl (C=O) groups excluding carboxylic acids is 1. The number of hydrogen-bond acceptors (Lipinski definition) is 3. The van der Waals surface area contributed by atoms with Crippen molar-refractivity contribution in [3.63, 3.8) is 0 Å². The Bertz CT molecular complexity index is 440. The Balaban J connectivity index is 2.62. The average molecular weight is 315 g/mol. The molecule has 0 aliphatic heterocycles. The molecule has 1 amide bonds. The van der Waals surface area contributed by atoms with Gasteiger partial charge in [-0.05, 0) is 43.4 Å². The second-order valence-electron chi connectivity index (χ2n) is 4.78. The van der Waals surface area contributed by atoms with Crippen molar-refractivity contribution >= 4 is 29.3 Å². The third kappa shape index (κ3) is 6.14. The van der Waals surface area contributed by atoms with Crippen LogP contribution in [-0.4, -0.2) is 28.4 Å². The number of pyridine rings is 1. The highest BCUT2D eigenvalue weighted by atomic mass is 35.5. The molecule has 0 saturated heterocycles. The smallest absolute Gasteiger partial charge is 0.251 e. The van der Waals surface area contributed by atoms with Crippen molar-refractivity contribution in [1.82, 2.24) is 10.3 Å². The minimum absolute atomic E-state index is 0.0688. The van der Waals surface area contributed by atoms with Crippen LogP contribution >= 0.6 is 23.4 Å². The summed E-state index contributed by atoms with van der Waals surface area (Å²) in [7, 11) is 0. The van der Waals surface area contributed by atoms with Crippen LogP contribution in [0.4, 0.5) is 0 Å². The maximum atomic E-state index is 12.2. The van der Waals surface area contributed by atoms with E-state index in [-0.39, 0.29) is 11.9 Å². The molecule has 0 bridgehead atoms. The fourth-order valence-electron chi connectivity index (χ4n) is 1.85. The number of rotatable bonds is 8. The topological polar surface area (TPSA) is 42.0 Å². The molecule has 3 nitrogen and oxygen atoms in total. The molecular weight excluding hydrogens is 292 g/mol. The highest BCUT2D eigenvalue weighted by Crippen LogP contribution is 2.13. The predicted octanol–water partition coefficient (Wildman–Crippen LogP) is 3.95. The fourth-order valence-corrected chi connectivity index (χ4v) is 2.89. The molecule has 1 aromatic rings. The molecule has 0 aromatic carbocycles. The van der Waals surface area contributed by atoms with E-state index in [0.29, 0.717) is 10.7 Å². The van der Waals surface area contributed by atoms with E-state index >= 15 is 0 Å². The highest BCUT2D eigenvalue weighted by Gasteiger charge is 2.12. The summed E-state index contributed by atoms with van der Waals surface area (Å²) in [5, 5.41) is 3.40. The third-order valence-electron chi connectivity index (χ3n) is 2.89. The number of hydrogen-bond donors (Lipinski definition) is 1. The number of carbonyl (C=O) groups is 1. The van der Waals surface area contributed by atoms with Crippen LogP contribution in [0, 0.1) is 0 Å². The summed E-state index contributed by atoms with van der Waals surface area (Å²) in [6.07, 6.45) is 2.80. The van der Waals surface area contributed by atoms with Crippen LogP contribution in [0.15, 0.2) is 12.1 Å². The molecule has 0 spiro atoms. The van der Waals surface area contributed by atoms with E-state index in [4.69, 9.17) is 11.6 Å². The average Bonchev–Trinajstić information content (AvgIpc) is 2.38. The molecule has 1 atom stereocenters. The van der Waals surface area contributed by atoms with Crippen molar-refractivity contribution in [2.24, 2.45) is 0 Å². The van der Waals surface area contributed by atoms with Gasteiger partial charge in [0.25, 0.3) is 5.91 Å². The fraction of sp³-hybridized carbons (Fsp3) is 0.600. The molecule has 0 aliphatic carbocycles. The van der Waals surface area contributed by atoms with Crippen LogP contribution in [0.25, 0.3) is 0 Å². The van der Waals surface area contributed by atoms with E-state index in [2.05, 4.69) is 24.1 Å². The first-order valence-corrected chi connectivity index (χ1v) is 8.65. The van der Waals surface area contributed by atoms with Crippen molar-refractivity contribution in [3.05, 3.63) is 28.5 Å². The van der Waals surface area contributed by atoms with Crippen LogP contribution in [-0.2, 0) is 6.42 Å². The number of aryl methyl sites for hydroxylation is 1. The molecule has 112 valence electrons. The van der Waals surface area contributed by atoms with Crippen LogP contribution in [0.5, 0.6) is 0 Å². The number of nitrogens with zero attached hydrogens (tertiary/aromatic N) is 1. The molecular formula is C15H23ClN2OS. The van der Waals surface area contributed by atoms with Gasteiger partial charge in [0.05, 0.1) is 0 Å². The standard InChI is InChI=1S/C15H23ClN2OS/c1-4-6-13-9-12(10-14(16)18-13)15(19)17-11(3)7-8-20-5-2/h9-11H,4-8H2,1-3H3,(H,17,19). The largest absolute Gasteiger partial charge is 0.350 e. The second-order valence-corrected chi connectivity index (χ2v) is 6.56. The molecule has 0 saturated carbocycles. The van der Waals surface area contributed by atoms with Crippen molar-refractivity contribution in [1.29, 1.82) is 0 Å². The Labute approximate surface area is 130 Å². The van der Waals surface area contributed by atoms with Crippen LogP contribution in [0.3, 0.4) is 0 Å². The predicted molar refractivity (Wildman–Crippen MR) is 87.8 cm³/mol. The van der Waals surface area contributed by atoms with Gasteiger partial charge in [-0.1, -0.05) is 31.9 Å². The van der Waals surface area contributed by atoms with Crippen molar-refractivity contribution < 1.29 is 4.79 Å². The molecule has 1 unspecified atom stereocenters. The molecule has 1 rings (SSSR count). The van der Waals surface area contributed by atoms with E-state index in [0.717, 1.165) is 36.5 Å². The van der Waals surface area contributed by atoms with Gasteiger partial charge in [0, 0.05) is 17.3 Å². The lowest BCUT2D eigenvalue weighted by molar-refractivity contribution is 0.0939. The maximum Gasteiger partial charge on any atom is 0.251 e. The Hall–Kier alpha value is -0.740. The summed E-state index contributed by atoms with van der Waals surface area (Å²) >= 11 is 7.86. The van der Waals surface area contributed by atoms with Gasteiger partial charge < -0.3 is 5.32 Å². The molecule has 0 fully saturated rings. The highest BCUT2D eigenvalue weighted by molar-refractivity contribution is 7.99. The zero-order valence-electron chi connectivity index (χ0n) is 12.4. The van der Waals surface area contributed by atoms with Gasteiger partial charge in [0.15, 0.2) is 0 Å². The molecule has 1 heterocycles. The molecule has 20 heavy (non-hydrogen) atoms. The first kappa shape index (κ1) is 17.3. The summed E-state index contributed by atoms with van der Waals surface area (Å²) in [6, 6.07) is 3.63. The van der Waals surface area contributed by atoms with E-state index in [1.54, 1.807) is 6.07 Å². The molecule has 0 radical (unpaired) electrons.